The van der Waals surface area contributed by atoms with E-state index in [9.17, 15) is 39.5 Å². The van der Waals surface area contributed by atoms with Gasteiger partial charge in [-0.15, -0.1) is 13.2 Å². The molecule has 3 aromatic carbocycles. The first-order chi connectivity index (χ1) is 19.7. The second kappa shape index (κ2) is 12.7. The molecule has 0 atom stereocenters. The summed E-state index contributed by atoms with van der Waals surface area (Å²) < 4.78 is 136. The van der Waals surface area contributed by atoms with Crippen molar-refractivity contribution in [2.24, 2.45) is 5.92 Å². The van der Waals surface area contributed by atoms with Crippen molar-refractivity contribution in [1.82, 2.24) is 0 Å². The summed E-state index contributed by atoms with van der Waals surface area (Å²) in [5.74, 6) is -7.57. The molecule has 0 spiro atoms. The van der Waals surface area contributed by atoms with Gasteiger partial charge in [0.15, 0.2) is 29.8 Å². The molecule has 0 unspecified atom stereocenters. The summed E-state index contributed by atoms with van der Waals surface area (Å²) in [7, 11) is 0. The van der Waals surface area contributed by atoms with Crippen molar-refractivity contribution in [2.75, 3.05) is 6.61 Å². The normalized spacial score (nSPS) is 17.7. The average Bonchev–Trinajstić information content (AvgIpc) is 2.90. The van der Waals surface area contributed by atoms with Gasteiger partial charge < -0.3 is 14.2 Å². The lowest BCUT2D eigenvalue weighted by Crippen LogP contribution is -2.32. The Morgan fingerprint density at radius 1 is 0.738 bits per heavy atom. The zero-order valence-corrected chi connectivity index (χ0v) is 22.3. The van der Waals surface area contributed by atoms with Crippen LogP contribution in [0, 0.1) is 29.2 Å². The Morgan fingerprint density at radius 2 is 1.40 bits per heavy atom. The van der Waals surface area contributed by atoms with E-state index in [1.165, 1.54) is 18.6 Å². The summed E-state index contributed by atoms with van der Waals surface area (Å²) in [6, 6.07) is 7.16. The van der Waals surface area contributed by atoms with Crippen LogP contribution in [0.15, 0.2) is 48.5 Å². The molecule has 0 radical (unpaired) electrons. The van der Waals surface area contributed by atoms with E-state index in [0.717, 1.165) is 49.8 Å². The monoisotopic (exact) mass is 606 g/mol. The van der Waals surface area contributed by atoms with E-state index >= 15 is 0 Å². The average molecular weight is 607 g/mol. The van der Waals surface area contributed by atoms with E-state index in [0.29, 0.717) is 24.1 Å². The molecule has 42 heavy (non-hydrogen) atoms. The summed E-state index contributed by atoms with van der Waals surface area (Å²) in [4.78, 5) is 0. The summed E-state index contributed by atoms with van der Waals surface area (Å²) in [5, 5.41) is 0. The zero-order chi connectivity index (χ0) is 30.7. The smallest absolute Gasteiger partial charge is 0.480 e. The minimum absolute atomic E-state index is 0.184. The standard InChI is InChI=1S/C30H27F9O3/c1-2-3-17-4-6-18(7-5-17)19-8-11-27(24(32)12-19)40-16-29(35,36)41-21-9-10-22(23(31)15-21)20-13-25(33)28(26(34)14-20)42-30(37,38)39/h8-15,17-18H,2-7,16H2,1H3. The molecule has 1 aliphatic rings. The van der Waals surface area contributed by atoms with Gasteiger partial charge in [-0.3, -0.25) is 0 Å². The van der Waals surface area contributed by atoms with Crippen LogP contribution in [0.1, 0.15) is 56.9 Å². The van der Waals surface area contributed by atoms with Gasteiger partial charge in [0.2, 0.25) is 5.75 Å². The van der Waals surface area contributed by atoms with Gasteiger partial charge in [-0.05, 0) is 85.0 Å². The molecule has 0 N–H and O–H groups in total. The SMILES string of the molecule is CCCC1CCC(c2ccc(OCC(F)(F)Oc3ccc(-c4cc(F)c(OC(F)(F)F)c(F)c4)c(F)c3)c(F)c2)CC1. The first-order valence-corrected chi connectivity index (χ1v) is 13.3. The number of ether oxygens (including phenoxy) is 3. The number of rotatable bonds is 10. The molecule has 1 saturated carbocycles. The van der Waals surface area contributed by atoms with Crippen molar-refractivity contribution in [3.8, 4) is 28.4 Å². The topological polar surface area (TPSA) is 27.7 Å². The van der Waals surface area contributed by atoms with Crippen LogP contribution in [-0.4, -0.2) is 19.1 Å². The van der Waals surface area contributed by atoms with Crippen molar-refractivity contribution in [2.45, 2.75) is 63.8 Å². The Morgan fingerprint density at radius 3 is 1.98 bits per heavy atom. The molecule has 0 bridgehead atoms. The minimum atomic E-state index is -5.37. The molecule has 0 aromatic heterocycles. The second-order valence-corrected chi connectivity index (χ2v) is 10.2. The van der Waals surface area contributed by atoms with Crippen molar-refractivity contribution < 1.29 is 53.7 Å². The van der Waals surface area contributed by atoms with Crippen LogP contribution < -0.4 is 14.2 Å². The summed E-state index contributed by atoms with van der Waals surface area (Å²) in [6.07, 6.45) is -3.16. The predicted octanol–water partition coefficient (Wildman–Crippen LogP) is 9.93. The highest BCUT2D eigenvalue weighted by Gasteiger charge is 2.35. The van der Waals surface area contributed by atoms with Crippen LogP contribution in [0.5, 0.6) is 17.2 Å². The molecule has 4 rings (SSSR count). The number of hydrogen-bond donors (Lipinski definition) is 0. The van der Waals surface area contributed by atoms with E-state index in [4.69, 9.17) is 4.74 Å². The molecule has 0 amide bonds. The van der Waals surface area contributed by atoms with Crippen LogP contribution in [0.4, 0.5) is 39.5 Å². The summed E-state index contributed by atoms with van der Waals surface area (Å²) >= 11 is 0. The molecule has 12 heteroatoms. The minimum Gasteiger partial charge on any atom is -0.480 e. The van der Waals surface area contributed by atoms with Gasteiger partial charge in [-0.1, -0.05) is 25.8 Å². The van der Waals surface area contributed by atoms with E-state index in [2.05, 4.69) is 16.4 Å². The van der Waals surface area contributed by atoms with Crippen molar-refractivity contribution in [3.63, 3.8) is 0 Å². The largest absolute Gasteiger partial charge is 0.573 e. The Labute approximate surface area is 236 Å². The Balaban J connectivity index is 1.38. The third-order valence-corrected chi connectivity index (χ3v) is 7.10. The maximum atomic E-state index is 14.6. The quantitative estimate of drug-likeness (QED) is 0.215. The van der Waals surface area contributed by atoms with Crippen LogP contribution in [-0.2, 0) is 0 Å². The van der Waals surface area contributed by atoms with Gasteiger partial charge >= 0.3 is 12.5 Å². The first-order valence-electron chi connectivity index (χ1n) is 13.3. The molecule has 1 fully saturated rings. The van der Waals surface area contributed by atoms with E-state index < -0.39 is 70.7 Å². The third kappa shape index (κ3) is 8.04. The fourth-order valence-electron chi connectivity index (χ4n) is 5.17. The Kier molecular flexibility index (Phi) is 9.52. The second-order valence-electron chi connectivity index (χ2n) is 10.2. The van der Waals surface area contributed by atoms with Gasteiger partial charge in [0, 0.05) is 11.6 Å². The fraction of sp³-hybridized carbons (Fsp3) is 0.400. The van der Waals surface area contributed by atoms with Gasteiger partial charge in [0.1, 0.15) is 11.6 Å². The van der Waals surface area contributed by atoms with Crippen LogP contribution in [0.3, 0.4) is 0 Å². The molecule has 1 aliphatic carbocycles. The Hall–Kier alpha value is -3.57. The summed E-state index contributed by atoms with van der Waals surface area (Å²) in [5.41, 5.74) is -0.262. The molecule has 3 aromatic rings. The highest BCUT2D eigenvalue weighted by atomic mass is 19.4. The number of hydrogen-bond acceptors (Lipinski definition) is 3. The predicted molar refractivity (Wildman–Crippen MR) is 136 cm³/mol. The highest BCUT2D eigenvalue weighted by molar-refractivity contribution is 5.66. The van der Waals surface area contributed by atoms with Gasteiger partial charge in [-0.2, -0.15) is 8.78 Å². The molecule has 3 nitrogen and oxygen atoms in total. The lowest BCUT2D eigenvalue weighted by atomic mass is 9.77. The van der Waals surface area contributed by atoms with Crippen molar-refractivity contribution in [3.05, 3.63) is 77.4 Å². The van der Waals surface area contributed by atoms with E-state index in [1.807, 2.05) is 0 Å². The molecular formula is C30H27F9O3. The third-order valence-electron chi connectivity index (χ3n) is 7.10. The molecule has 228 valence electrons. The summed E-state index contributed by atoms with van der Waals surface area (Å²) in [6.45, 7) is 0.730. The lowest BCUT2D eigenvalue weighted by molar-refractivity contribution is -0.276. The highest BCUT2D eigenvalue weighted by Crippen LogP contribution is 2.39. The fourth-order valence-corrected chi connectivity index (χ4v) is 5.17. The van der Waals surface area contributed by atoms with Gasteiger partial charge in [-0.25, -0.2) is 17.6 Å². The first kappa shape index (κ1) is 31.4. The van der Waals surface area contributed by atoms with Crippen LogP contribution in [0.25, 0.3) is 11.1 Å². The lowest BCUT2D eigenvalue weighted by Gasteiger charge is -2.28. The zero-order valence-electron chi connectivity index (χ0n) is 22.3. The number of alkyl halides is 5. The maximum absolute atomic E-state index is 14.6. The van der Waals surface area contributed by atoms with E-state index in [-0.39, 0.29) is 5.92 Å². The van der Waals surface area contributed by atoms with Crippen LogP contribution >= 0.6 is 0 Å². The van der Waals surface area contributed by atoms with E-state index in [1.54, 1.807) is 6.07 Å². The van der Waals surface area contributed by atoms with Crippen molar-refractivity contribution >= 4 is 0 Å². The number of benzene rings is 3. The molecular weight excluding hydrogens is 579 g/mol. The van der Waals surface area contributed by atoms with Crippen molar-refractivity contribution in [1.29, 1.82) is 0 Å². The Bertz CT molecular complexity index is 1360. The number of halogens is 9. The maximum Gasteiger partial charge on any atom is 0.573 e. The van der Waals surface area contributed by atoms with Crippen LogP contribution in [0.2, 0.25) is 0 Å². The molecule has 0 saturated heterocycles. The molecule has 0 aliphatic heterocycles. The van der Waals surface area contributed by atoms with Gasteiger partial charge in [0.05, 0.1) is 0 Å². The molecule has 0 heterocycles. The van der Waals surface area contributed by atoms with Gasteiger partial charge in [0.25, 0.3) is 0 Å².